The lowest BCUT2D eigenvalue weighted by Gasteiger charge is -2.15. The fraction of sp³-hybridized carbons (Fsp3) is 0.462. The highest BCUT2D eigenvalue weighted by atomic mass is 79.9. The number of aliphatic carboxylic acids is 1. The van der Waals surface area contributed by atoms with Gasteiger partial charge in [-0.05, 0) is 23.6 Å². The number of rotatable bonds is 6. The van der Waals surface area contributed by atoms with Crippen molar-refractivity contribution in [1.82, 2.24) is 0 Å². The van der Waals surface area contributed by atoms with Crippen LogP contribution in [0.5, 0.6) is 0 Å². The number of ether oxygens (including phenoxy) is 1. The molecule has 0 saturated heterocycles. The minimum atomic E-state index is -0.911. The van der Waals surface area contributed by atoms with Gasteiger partial charge in [-0.1, -0.05) is 41.9 Å². The largest absolute Gasteiger partial charge is 0.479 e. The third kappa shape index (κ3) is 5.33. The third-order valence-corrected chi connectivity index (χ3v) is 2.71. The van der Waals surface area contributed by atoms with E-state index in [9.17, 15) is 4.79 Å². The van der Waals surface area contributed by atoms with Crippen LogP contribution < -0.4 is 0 Å². The van der Waals surface area contributed by atoms with Crippen LogP contribution in [0.2, 0.25) is 0 Å². The van der Waals surface area contributed by atoms with Crippen molar-refractivity contribution in [3.8, 4) is 0 Å². The topological polar surface area (TPSA) is 46.5 Å². The molecule has 3 nitrogen and oxygen atoms in total. The molecule has 0 fully saturated rings. The zero-order valence-corrected chi connectivity index (χ0v) is 11.6. The Bertz CT molecular complexity index is 377. The predicted octanol–water partition coefficient (Wildman–Crippen LogP) is 3.12. The quantitative estimate of drug-likeness (QED) is 0.878. The van der Waals surface area contributed by atoms with Crippen molar-refractivity contribution in [2.24, 2.45) is 5.92 Å². The summed E-state index contributed by atoms with van der Waals surface area (Å²) >= 11 is 3.36. The van der Waals surface area contributed by atoms with E-state index in [-0.39, 0.29) is 0 Å². The molecule has 0 aromatic heterocycles. The Balaban J connectivity index is 2.63. The van der Waals surface area contributed by atoms with E-state index in [1.54, 1.807) is 0 Å². The van der Waals surface area contributed by atoms with Crippen LogP contribution >= 0.6 is 15.9 Å². The van der Waals surface area contributed by atoms with Gasteiger partial charge in [0.15, 0.2) is 6.10 Å². The fourth-order valence-corrected chi connectivity index (χ4v) is 1.85. The van der Waals surface area contributed by atoms with Crippen molar-refractivity contribution in [2.75, 3.05) is 6.61 Å². The maximum absolute atomic E-state index is 11.1. The molecular formula is C13H17BrO3. The van der Waals surface area contributed by atoms with E-state index in [1.807, 2.05) is 38.1 Å². The molecule has 4 heteroatoms. The van der Waals surface area contributed by atoms with Gasteiger partial charge in [0.2, 0.25) is 0 Å². The van der Waals surface area contributed by atoms with E-state index in [0.29, 0.717) is 18.9 Å². The molecule has 0 radical (unpaired) electrons. The normalized spacial score (nSPS) is 12.7. The van der Waals surface area contributed by atoms with Crippen molar-refractivity contribution in [2.45, 2.75) is 26.4 Å². The van der Waals surface area contributed by atoms with Crippen LogP contribution in [0.25, 0.3) is 0 Å². The molecule has 1 aromatic carbocycles. The standard InChI is InChI=1S/C13H17BrO3/c1-9(2)8-17-12(13(15)16)7-10-4-3-5-11(14)6-10/h3-6,9,12H,7-8H2,1-2H3,(H,15,16)/t12-/m1/s1. The monoisotopic (exact) mass is 300 g/mol. The lowest BCUT2D eigenvalue weighted by atomic mass is 10.1. The average Bonchev–Trinajstić information content (AvgIpc) is 2.23. The van der Waals surface area contributed by atoms with Crippen LogP contribution in [0.1, 0.15) is 19.4 Å². The van der Waals surface area contributed by atoms with E-state index in [1.165, 1.54) is 0 Å². The molecule has 94 valence electrons. The first-order chi connectivity index (χ1) is 7.99. The number of hydrogen-bond acceptors (Lipinski definition) is 2. The van der Waals surface area contributed by atoms with Gasteiger partial charge < -0.3 is 9.84 Å². The van der Waals surface area contributed by atoms with Gasteiger partial charge in [-0.3, -0.25) is 0 Å². The molecule has 0 amide bonds. The summed E-state index contributed by atoms with van der Waals surface area (Å²) in [7, 11) is 0. The molecule has 1 rings (SSSR count). The summed E-state index contributed by atoms with van der Waals surface area (Å²) < 4.78 is 6.34. The number of hydrogen-bond donors (Lipinski definition) is 1. The SMILES string of the molecule is CC(C)CO[C@H](Cc1cccc(Br)c1)C(=O)O. The summed E-state index contributed by atoms with van der Waals surface area (Å²) in [5, 5.41) is 9.08. The Hall–Kier alpha value is -0.870. The summed E-state index contributed by atoms with van der Waals surface area (Å²) in [6, 6.07) is 7.61. The third-order valence-electron chi connectivity index (χ3n) is 2.22. The number of carboxylic acid groups (broad SMARTS) is 1. The van der Waals surface area contributed by atoms with Gasteiger partial charge in [-0.15, -0.1) is 0 Å². The highest BCUT2D eigenvalue weighted by molar-refractivity contribution is 9.10. The molecular weight excluding hydrogens is 284 g/mol. The van der Waals surface area contributed by atoms with Gasteiger partial charge in [-0.2, -0.15) is 0 Å². The highest BCUT2D eigenvalue weighted by Crippen LogP contribution is 2.14. The Kier molecular flexibility index (Phi) is 5.65. The summed E-state index contributed by atoms with van der Waals surface area (Å²) in [6.45, 7) is 4.46. The van der Waals surface area contributed by atoms with Crippen LogP contribution in [0.3, 0.4) is 0 Å². The van der Waals surface area contributed by atoms with Crippen LogP contribution in [-0.2, 0) is 16.0 Å². The van der Waals surface area contributed by atoms with Crippen LogP contribution in [0, 0.1) is 5.92 Å². The molecule has 1 atom stereocenters. The molecule has 0 saturated carbocycles. The summed E-state index contributed by atoms with van der Waals surface area (Å²) in [5.74, 6) is -0.579. The average molecular weight is 301 g/mol. The van der Waals surface area contributed by atoms with E-state index in [0.717, 1.165) is 10.0 Å². The zero-order valence-electron chi connectivity index (χ0n) is 10.0. The van der Waals surface area contributed by atoms with Gasteiger partial charge in [-0.25, -0.2) is 4.79 Å². The number of halogens is 1. The molecule has 0 aliphatic rings. The number of carbonyl (C=O) groups is 1. The molecule has 0 bridgehead atoms. The van der Waals surface area contributed by atoms with Crippen molar-refractivity contribution >= 4 is 21.9 Å². The second kappa shape index (κ2) is 6.77. The molecule has 0 aliphatic heterocycles. The summed E-state index contributed by atoms with van der Waals surface area (Å²) in [4.78, 5) is 11.1. The molecule has 0 aliphatic carbocycles. The first kappa shape index (κ1) is 14.2. The first-order valence-electron chi connectivity index (χ1n) is 5.58. The Morgan fingerprint density at radius 2 is 2.18 bits per heavy atom. The molecule has 1 aromatic rings. The maximum Gasteiger partial charge on any atom is 0.333 e. The van der Waals surface area contributed by atoms with Gasteiger partial charge in [0.05, 0.1) is 6.61 Å². The minimum Gasteiger partial charge on any atom is -0.479 e. The predicted molar refractivity (Wildman–Crippen MR) is 70.1 cm³/mol. The van der Waals surface area contributed by atoms with Crippen molar-refractivity contribution < 1.29 is 14.6 Å². The number of carboxylic acids is 1. The van der Waals surface area contributed by atoms with Crippen molar-refractivity contribution in [1.29, 1.82) is 0 Å². The molecule has 0 spiro atoms. The smallest absolute Gasteiger partial charge is 0.333 e. The summed E-state index contributed by atoms with van der Waals surface area (Å²) in [6.07, 6.45) is -0.381. The van der Waals surface area contributed by atoms with Gasteiger partial charge in [0, 0.05) is 10.9 Å². The molecule has 17 heavy (non-hydrogen) atoms. The van der Waals surface area contributed by atoms with E-state index in [4.69, 9.17) is 9.84 Å². The fourth-order valence-electron chi connectivity index (χ4n) is 1.40. The van der Waals surface area contributed by atoms with Crippen molar-refractivity contribution in [3.05, 3.63) is 34.3 Å². The van der Waals surface area contributed by atoms with E-state index >= 15 is 0 Å². The van der Waals surface area contributed by atoms with Gasteiger partial charge >= 0.3 is 5.97 Å². The van der Waals surface area contributed by atoms with E-state index < -0.39 is 12.1 Å². The van der Waals surface area contributed by atoms with Gasteiger partial charge in [0.25, 0.3) is 0 Å². The molecule has 0 heterocycles. The van der Waals surface area contributed by atoms with Gasteiger partial charge in [0.1, 0.15) is 0 Å². The number of benzene rings is 1. The molecule has 1 N–H and O–H groups in total. The van der Waals surface area contributed by atoms with Crippen LogP contribution in [0.4, 0.5) is 0 Å². The summed E-state index contributed by atoms with van der Waals surface area (Å²) in [5.41, 5.74) is 0.954. The maximum atomic E-state index is 11.1. The van der Waals surface area contributed by atoms with Crippen LogP contribution in [-0.4, -0.2) is 23.8 Å². The Morgan fingerprint density at radius 3 is 2.71 bits per heavy atom. The first-order valence-corrected chi connectivity index (χ1v) is 6.37. The second-order valence-corrected chi connectivity index (χ2v) is 5.30. The van der Waals surface area contributed by atoms with Crippen LogP contribution in [0.15, 0.2) is 28.7 Å². The lowest BCUT2D eigenvalue weighted by Crippen LogP contribution is -2.28. The highest BCUT2D eigenvalue weighted by Gasteiger charge is 2.19. The zero-order chi connectivity index (χ0) is 12.8. The Morgan fingerprint density at radius 1 is 1.47 bits per heavy atom. The van der Waals surface area contributed by atoms with Crippen molar-refractivity contribution in [3.63, 3.8) is 0 Å². The van der Waals surface area contributed by atoms with E-state index in [2.05, 4.69) is 15.9 Å². The Labute approximate surface area is 110 Å². The minimum absolute atomic E-state index is 0.333. The lowest BCUT2D eigenvalue weighted by molar-refractivity contribution is -0.150. The second-order valence-electron chi connectivity index (χ2n) is 4.39. The molecule has 0 unspecified atom stereocenters.